The minimum Gasteiger partial charge on any atom is -0.493 e. The van der Waals surface area contributed by atoms with Gasteiger partial charge in [0, 0.05) is 30.3 Å². The van der Waals surface area contributed by atoms with Crippen molar-refractivity contribution in [1.82, 2.24) is 9.13 Å². The highest BCUT2D eigenvalue weighted by Crippen LogP contribution is 2.42. The van der Waals surface area contributed by atoms with Crippen molar-refractivity contribution < 1.29 is 9.47 Å². The van der Waals surface area contributed by atoms with Crippen LogP contribution in [0.4, 0.5) is 5.69 Å². The molecule has 0 saturated heterocycles. The molecule has 0 spiro atoms. The van der Waals surface area contributed by atoms with Crippen LogP contribution >= 0.6 is 12.4 Å². The molecule has 1 aliphatic rings. The number of aromatic nitrogens is 2. The number of methoxy groups -OCH3 is 2. The Balaban J connectivity index is 0.00000289. The number of halogens is 1. The average molecular weight is 456 g/mol. The molecule has 2 aromatic carbocycles. The monoisotopic (exact) mass is 455 g/mol. The SMILES string of the molecule is COc1ccc2c(c1OC)C[C@H](C)n1c-2cc(=Nc2c(C)cc(C)cc2C)n(C)c1=O.Cl. The van der Waals surface area contributed by atoms with E-state index in [9.17, 15) is 4.79 Å². The van der Waals surface area contributed by atoms with Crippen LogP contribution in [0.25, 0.3) is 11.3 Å². The van der Waals surface area contributed by atoms with Gasteiger partial charge < -0.3 is 9.47 Å². The third-order valence-electron chi connectivity index (χ3n) is 6.09. The Hall–Kier alpha value is -2.99. The van der Waals surface area contributed by atoms with Gasteiger partial charge in [-0.2, -0.15) is 0 Å². The number of nitrogens with zero attached hydrogens (tertiary/aromatic N) is 3. The van der Waals surface area contributed by atoms with E-state index in [1.807, 2.05) is 22.8 Å². The van der Waals surface area contributed by atoms with Crippen LogP contribution in [-0.2, 0) is 13.5 Å². The van der Waals surface area contributed by atoms with Crippen LogP contribution in [0.15, 0.2) is 40.1 Å². The van der Waals surface area contributed by atoms with Crippen molar-refractivity contribution in [3.63, 3.8) is 0 Å². The second-order valence-corrected chi connectivity index (χ2v) is 8.34. The molecule has 1 aromatic heterocycles. The molecular formula is C25H30ClN3O3. The molecule has 2 heterocycles. The van der Waals surface area contributed by atoms with Crippen LogP contribution in [0, 0.1) is 20.8 Å². The van der Waals surface area contributed by atoms with E-state index in [0.29, 0.717) is 17.7 Å². The van der Waals surface area contributed by atoms with Crippen LogP contribution in [0.2, 0.25) is 0 Å². The van der Waals surface area contributed by atoms with Crippen molar-refractivity contribution >= 4 is 18.1 Å². The summed E-state index contributed by atoms with van der Waals surface area (Å²) in [5.41, 5.74) is 7.71. The lowest BCUT2D eigenvalue weighted by atomic mass is 9.92. The largest absolute Gasteiger partial charge is 0.493 e. The Morgan fingerprint density at radius 1 is 1.03 bits per heavy atom. The summed E-state index contributed by atoms with van der Waals surface area (Å²) < 4.78 is 14.6. The minimum absolute atomic E-state index is 0. The van der Waals surface area contributed by atoms with Gasteiger partial charge in [-0.15, -0.1) is 12.4 Å². The summed E-state index contributed by atoms with van der Waals surface area (Å²) in [6.45, 7) is 8.24. The zero-order chi connectivity index (χ0) is 22.4. The van der Waals surface area contributed by atoms with Crippen molar-refractivity contribution in [3.05, 3.63) is 68.6 Å². The van der Waals surface area contributed by atoms with Crippen molar-refractivity contribution in [2.75, 3.05) is 14.2 Å². The molecule has 4 rings (SSSR count). The normalized spacial score (nSPS) is 15.0. The molecule has 0 aliphatic carbocycles. The van der Waals surface area contributed by atoms with Gasteiger partial charge in [0.25, 0.3) is 0 Å². The highest BCUT2D eigenvalue weighted by atomic mass is 35.5. The van der Waals surface area contributed by atoms with Crippen LogP contribution in [0.5, 0.6) is 11.5 Å². The van der Waals surface area contributed by atoms with Gasteiger partial charge in [0.2, 0.25) is 0 Å². The summed E-state index contributed by atoms with van der Waals surface area (Å²) in [6, 6.07) is 10.1. The molecule has 3 aromatic rings. The molecule has 0 fully saturated rings. The minimum atomic E-state index is -0.0772. The fraction of sp³-hybridized carbons (Fsp3) is 0.360. The molecule has 0 saturated carbocycles. The van der Waals surface area contributed by atoms with Crippen molar-refractivity contribution in [2.45, 2.75) is 40.2 Å². The zero-order valence-electron chi connectivity index (χ0n) is 19.6. The lowest BCUT2D eigenvalue weighted by Gasteiger charge is -2.29. The van der Waals surface area contributed by atoms with Crippen molar-refractivity contribution in [3.8, 4) is 22.8 Å². The van der Waals surface area contributed by atoms with E-state index in [2.05, 4.69) is 39.8 Å². The second-order valence-electron chi connectivity index (χ2n) is 8.34. The van der Waals surface area contributed by atoms with Crippen LogP contribution in [0.3, 0.4) is 0 Å². The second kappa shape index (κ2) is 8.87. The fourth-order valence-electron chi connectivity index (χ4n) is 4.68. The molecule has 6 nitrogen and oxygen atoms in total. The standard InChI is InChI=1S/C25H29N3O3.ClH/c1-14-10-15(2)23(16(3)11-14)26-22-13-20-18-8-9-21(30-6)24(31-7)19(18)12-17(4)28(20)25(29)27(22)5;/h8-11,13,17H,12H2,1-7H3;1H/t17-;/m0./s1. The molecule has 0 bridgehead atoms. The Labute approximate surface area is 194 Å². The molecule has 1 aliphatic heterocycles. The first kappa shape index (κ1) is 23.7. The topological polar surface area (TPSA) is 57.8 Å². The van der Waals surface area contributed by atoms with E-state index in [0.717, 1.165) is 39.4 Å². The number of ether oxygens (including phenoxy) is 2. The summed E-state index contributed by atoms with van der Waals surface area (Å²) in [6.07, 6.45) is 0.690. The van der Waals surface area contributed by atoms with Gasteiger partial charge in [-0.3, -0.25) is 9.13 Å². The highest BCUT2D eigenvalue weighted by molar-refractivity contribution is 5.85. The number of aryl methyl sites for hydroxylation is 3. The first-order valence-corrected chi connectivity index (χ1v) is 10.5. The fourth-order valence-corrected chi connectivity index (χ4v) is 4.68. The van der Waals surface area contributed by atoms with Crippen molar-refractivity contribution in [1.29, 1.82) is 0 Å². The molecule has 7 heteroatoms. The molecule has 0 amide bonds. The maximum absolute atomic E-state index is 13.4. The molecule has 0 radical (unpaired) electrons. The van der Waals surface area contributed by atoms with E-state index in [-0.39, 0.29) is 24.1 Å². The maximum atomic E-state index is 13.4. The summed E-state index contributed by atoms with van der Waals surface area (Å²) in [5, 5.41) is 0. The van der Waals surface area contributed by atoms with Crippen molar-refractivity contribution in [2.24, 2.45) is 12.0 Å². The lowest BCUT2D eigenvalue weighted by Crippen LogP contribution is -2.41. The number of rotatable bonds is 3. The molecular weight excluding hydrogens is 426 g/mol. The lowest BCUT2D eigenvalue weighted by molar-refractivity contribution is 0.348. The maximum Gasteiger partial charge on any atom is 0.330 e. The van der Waals surface area contributed by atoms with Crippen LogP contribution < -0.4 is 20.7 Å². The summed E-state index contributed by atoms with van der Waals surface area (Å²) >= 11 is 0. The zero-order valence-corrected chi connectivity index (χ0v) is 20.5. The van der Waals surface area contributed by atoms with Gasteiger partial charge in [0.15, 0.2) is 11.5 Å². The highest BCUT2D eigenvalue weighted by Gasteiger charge is 2.28. The predicted octanol–water partition coefficient (Wildman–Crippen LogP) is 4.57. The number of hydrogen-bond donors (Lipinski definition) is 0. The summed E-state index contributed by atoms with van der Waals surface area (Å²) in [7, 11) is 5.07. The van der Waals surface area contributed by atoms with Gasteiger partial charge in [0.05, 0.1) is 25.6 Å². The average Bonchev–Trinajstić information content (AvgIpc) is 2.72. The van der Waals surface area contributed by atoms with Crippen LogP contribution in [0.1, 0.15) is 35.2 Å². The van der Waals surface area contributed by atoms with E-state index in [4.69, 9.17) is 14.5 Å². The Morgan fingerprint density at radius 2 is 1.69 bits per heavy atom. The van der Waals surface area contributed by atoms with Gasteiger partial charge >= 0.3 is 5.69 Å². The molecule has 0 unspecified atom stereocenters. The Bertz CT molecular complexity index is 1300. The number of hydrogen-bond acceptors (Lipinski definition) is 4. The van der Waals surface area contributed by atoms with E-state index < -0.39 is 0 Å². The third-order valence-corrected chi connectivity index (χ3v) is 6.09. The first-order valence-electron chi connectivity index (χ1n) is 10.5. The van der Waals surface area contributed by atoms with E-state index in [1.165, 1.54) is 5.56 Å². The predicted molar refractivity (Wildman–Crippen MR) is 130 cm³/mol. The summed E-state index contributed by atoms with van der Waals surface area (Å²) in [4.78, 5) is 18.3. The molecule has 32 heavy (non-hydrogen) atoms. The number of benzene rings is 2. The first-order chi connectivity index (χ1) is 14.8. The molecule has 0 N–H and O–H groups in total. The van der Waals surface area contributed by atoms with E-state index in [1.54, 1.807) is 25.8 Å². The Morgan fingerprint density at radius 3 is 2.28 bits per heavy atom. The third kappa shape index (κ3) is 3.73. The van der Waals surface area contributed by atoms with Gasteiger partial charge in [-0.05, 0) is 57.4 Å². The molecule has 1 atom stereocenters. The molecule has 170 valence electrons. The quantitative estimate of drug-likeness (QED) is 0.581. The van der Waals surface area contributed by atoms with Gasteiger partial charge in [0.1, 0.15) is 5.49 Å². The Kier molecular flexibility index (Phi) is 6.56. The van der Waals surface area contributed by atoms with Gasteiger partial charge in [-0.1, -0.05) is 17.7 Å². The van der Waals surface area contributed by atoms with Gasteiger partial charge in [-0.25, -0.2) is 9.79 Å². The summed E-state index contributed by atoms with van der Waals surface area (Å²) in [5.74, 6) is 1.42. The number of fused-ring (bicyclic) bond motifs is 3. The van der Waals surface area contributed by atoms with Crippen LogP contribution in [-0.4, -0.2) is 23.4 Å². The smallest absolute Gasteiger partial charge is 0.330 e. The van der Waals surface area contributed by atoms with E-state index >= 15 is 0 Å².